The average molecular weight is 267 g/mol. The van der Waals surface area contributed by atoms with Crippen molar-refractivity contribution >= 4 is 28.7 Å². The Balaban J connectivity index is 2.31. The summed E-state index contributed by atoms with van der Waals surface area (Å²) in [5.74, 6) is -0.247. The molecule has 94 valence electrons. The summed E-state index contributed by atoms with van der Waals surface area (Å²) in [6, 6.07) is 9.74. The molecule has 3 N–H and O–H groups in total. The number of anilines is 3. The Morgan fingerprint density at radius 3 is 2.78 bits per heavy atom. The number of nitrogen functional groups attached to an aromatic ring is 1. The third-order valence-electron chi connectivity index (χ3n) is 2.48. The molecule has 0 saturated heterocycles. The van der Waals surface area contributed by atoms with Crippen LogP contribution in [0, 0.1) is 5.82 Å². The van der Waals surface area contributed by atoms with E-state index in [0.717, 1.165) is 0 Å². The van der Waals surface area contributed by atoms with Crippen LogP contribution in [0.4, 0.5) is 21.5 Å². The van der Waals surface area contributed by atoms with Gasteiger partial charge in [0.2, 0.25) is 0 Å². The Hall–Kier alpha value is -1.94. The summed E-state index contributed by atoms with van der Waals surface area (Å²) >= 11 is 5.91. The van der Waals surface area contributed by atoms with Crippen LogP contribution in [-0.4, -0.2) is 7.11 Å². The zero-order chi connectivity index (χ0) is 13.1. The van der Waals surface area contributed by atoms with Crippen LogP contribution in [0.5, 0.6) is 5.75 Å². The van der Waals surface area contributed by atoms with Gasteiger partial charge in [-0.1, -0.05) is 17.7 Å². The van der Waals surface area contributed by atoms with Gasteiger partial charge in [0.05, 0.1) is 23.5 Å². The van der Waals surface area contributed by atoms with E-state index in [1.807, 2.05) is 0 Å². The van der Waals surface area contributed by atoms with Gasteiger partial charge >= 0.3 is 0 Å². The standard InChI is InChI=1S/C13H12ClFN2O/c1-18-12-7-8(5-6-10(12)15)17-11-4-2-3-9(14)13(11)16/h2-7,17H,16H2,1H3. The predicted molar refractivity (Wildman–Crippen MR) is 72.1 cm³/mol. The van der Waals surface area contributed by atoms with E-state index in [2.05, 4.69) is 5.32 Å². The first kappa shape index (κ1) is 12.5. The molecule has 0 heterocycles. The number of methoxy groups -OCH3 is 1. The highest BCUT2D eigenvalue weighted by Gasteiger charge is 2.06. The van der Waals surface area contributed by atoms with Crippen LogP contribution in [0.15, 0.2) is 36.4 Å². The second-order valence-electron chi connectivity index (χ2n) is 3.68. The number of hydrogen-bond donors (Lipinski definition) is 2. The number of rotatable bonds is 3. The number of nitrogens with one attached hydrogen (secondary N) is 1. The van der Waals surface area contributed by atoms with Crippen molar-refractivity contribution in [2.75, 3.05) is 18.2 Å². The molecule has 0 amide bonds. The Bertz CT molecular complexity index is 575. The van der Waals surface area contributed by atoms with Crippen molar-refractivity contribution in [3.05, 3.63) is 47.2 Å². The second-order valence-corrected chi connectivity index (χ2v) is 4.08. The van der Waals surface area contributed by atoms with Crippen LogP contribution in [0.3, 0.4) is 0 Å². The van der Waals surface area contributed by atoms with Gasteiger partial charge in [-0.3, -0.25) is 0 Å². The average Bonchev–Trinajstić information content (AvgIpc) is 2.37. The summed E-state index contributed by atoms with van der Waals surface area (Å²) in [4.78, 5) is 0. The lowest BCUT2D eigenvalue weighted by atomic mass is 10.2. The SMILES string of the molecule is COc1cc(Nc2cccc(Cl)c2N)ccc1F. The van der Waals surface area contributed by atoms with Gasteiger partial charge in [0.15, 0.2) is 11.6 Å². The van der Waals surface area contributed by atoms with Crippen molar-refractivity contribution < 1.29 is 9.13 Å². The number of para-hydroxylation sites is 1. The van der Waals surface area contributed by atoms with Crippen molar-refractivity contribution in [1.29, 1.82) is 0 Å². The third kappa shape index (κ3) is 2.49. The van der Waals surface area contributed by atoms with Crippen LogP contribution in [0.1, 0.15) is 0 Å². The fourth-order valence-electron chi connectivity index (χ4n) is 1.54. The van der Waals surface area contributed by atoms with Gasteiger partial charge in [-0.25, -0.2) is 4.39 Å². The molecule has 2 aromatic carbocycles. The maximum Gasteiger partial charge on any atom is 0.165 e. The van der Waals surface area contributed by atoms with Crippen molar-refractivity contribution in [2.24, 2.45) is 0 Å². The maximum atomic E-state index is 13.3. The summed E-state index contributed by atoms with van der Waals surface area (Å²) < 4.78 is 18.2. The number of nitrogens with two attached hydrogens (primary N) is 1. The molecular formula is C13H12ClFN2O. The van der Waals surface area contributed by atoms with Crippen LogP contribution in [0.2, 0.25) is 5.02 Å². The van der Waals surface area contributed by atoms with Gasteiger partial charge in [0.25, 0.3) is 0 Å². The van der Waals surface area contributed by atoms with E-state index in [4.69, 9.17) is 22.1 Å². The molecular weight excluding hydrogens is 255 g/mol. The topological polar surface area (TPSA) is 47.3 Å². The molecule has 0 spiro atoms. The van der Waals surface area contributed by atoms with Crippen molar-refractivity contribution in [1.82, 2.24) is 0 Å². The Morgan fingerprint density at radius 1 is 1.28 bits per heavy atom. The van der Waals surface area contributed by atoms with E-state index >= 15 is 0 Å². The van der Waals surface area contributed by atoms with E-state index in [1.165, 1.54) is 13.2 Å². The fourth-order valence-corrected chi connectivity index (χ4v) is 1.71. The molecule has 0 aromatic heterocycles. The van der Waals surface area contributed by atoms with Gasteiger partial charge in [-0.2, -0.15) is 0 Å². The molecule has 0 atom stereocenters. The summed E-state index contributed by atoms with van der Waals surface area (Å²) in [6.45, 7) is 0. The van der Waals surface area contributed by atoms with E-state index in [9.17, 15) is 4.39 Å². The molecule has 0 aliphatic rings. The van der Waals surface area contributed by atoms with Crippen LogP contribution in [-0.2, 0) is 0 Å². The van der Waals surface area contributed by atoms with Gasteiger partial charge < -0.3 is 15.8 Å². The minimum Gasteiger partial charge on any atom is -0.494 e. The Morgan fingerprint density at radius 2 is 2.06 bits per heavy atom. The summed E-state index contributed by atoms with van der Waals surface area (Å²) in [6.07, 6.45) is 0. The van der Waals surface area contributed by atoms with E-state index in [-0.39, 0.29) is 5.75 Å². The number of benzene rings is 2. The first-order valence-electron chi connectivity index (χ1n) is 5.26. The molecule has 2 aromatic rings. The zero-order valence-electron chi connectivity index (χ0n) is 9.71. The lowest BCUT2D eigenvalue weighted by molar-refractivity contribution is 0.387. The molecule has 5 heteroatoms. The third-order valence-corrected chi connectivity index (χ3v) is 2.81. The van der Waals surface area contributed by atoms with Gasteiger partial charge in [-0.15, -0.1) is 0 Å². The molecule has 0 aliphatic carbocycles. The van der Waals surface area contributed by atoms with Crippen molar-refractivity contribution in [2.45, 2.75) is 0 Å². The molecule has 0 aliphatic heterocycles. The predicted octanol–water partition coefficient (Wildman–Crippen LogP) is 3.81. The maximum absolute atomic E-state index is 13.3. The summed E-state index contributed by atoms with van der Waals surface area (Å²) in [5, 5.41) is 3.53. The first-order valence-corrected chi connectivity index (χ1v) is 5.64. The lowest BCUT2D eigenvalue weighted by Crippen LogP contribution is -1.97. The van der Waals surface area contributed by atoms with Crippen molar-refractivity contribution in [3.8, 4) is 5.75 Å². The molecule has 3 nitrogen and oxygen atoms in total. The lowest BCUT2D eigenvalue weighted by Gasteiger charge is -2.11. The zero-order valence-corrected chi connectivity index (χ0v) is 10.5. The van der Waals surface area contributed by atoms with Crippen LogP contribution in [0.25, 0.3) is 0 Å². The molecule has 0 unspecified atom stereocenters. The number of ether oxygens (including phenoxy) is 1. The fraction of sp³-hybridized carbons (Fsp3) is 0.0769. The highest BCUT2D eigenvalue weighted by molar-refractivity contribution is 6.33. The minimum absolute atomic E-state index is 0.167. The highest BCUT2D eigenvalue weighted by Crippen LogP contribution is 2.31. The van der Waals surface area contributed by atoms with Crippen LogP contribution >= 0.6 is 11.6 Å². The molecule has 2 rings (SSSR count). The van der Waals surface area contributed by atoms with Gasteiger partial charge in [0, 0.05) is 11.8 Å². The van der Waals surface area contributed by atoms with Gasteiger partial charge in [0.1, 0.15) is 0 Å². The van der Waals surface area contributed by atoms with Crippen molar-refractivity contribution in [3.63, 3.8) is 0 Å². The summed E-state index contributed by atoms with van der Waals surface area (Å²) in [7, 11) is 1.41. The Labute approximate surface area is 109 Å². The number of hydrogen-bond acceptors (Lipinski definition) is 3. The Kier molecular flexibility index (Phi) is 3.58. The second kappa shape index (κ2) is 5.14. The largest absolute Gasteiger partial charge is 0.494 e. The molecule has 0 bridgehead atoms. The minimum atomic E-state index is -0.415. The van der Waals surface area contributed by atoms with Crippen LogP contribution < -0.4 is 15.8 Å². The molecule has 18 heavy (non-hydrogen) atoms. The molecule has 0 radical (unpaired) electrons. The molecule has 0 saturated carbocycles. The van der Waals surface area contributed by atoms with Gasteiger partial charge in [-0.05, 0) is 24.3 Å². The summed E-state index contributed by atoms with van der Waals surface area (Å²) in [5.41, 5.74) is 7.61. The highest BCUT2D eigenvalue weighted by atomic mass is 35.5. The first-order chi connectivity index (χ1) is 8.61. The van der Waals surface area contributed by atoms with E-state index < -0.39 is 5.82 Å². The normalized spacial score (nSPS) is 10.2. The number of halogens is 2. The smallest absolute Gasteiger partial charge is 0.165 e. The monoisotopic (exact) mass is 266 g/mol. The van der Waals surface area contributed by atoms with E-state index in [1.54, 1.807) is 30.3 Å². The molecule has 0 fully saturated rings. The quantitative estimate of drug-likeness (QED) is 0.831. The van der Waals surface area contributed by atoms with E-state index in [0.29, 0.717) is 22.1 Å².